The topological polar surface area (TPSA) is 38.3 Å². The van der Waals surface area contributed by atoms with Crippen molar-refractivity contribution in [3.63, 3.8) is 0 Å². The molecule has 0 saturated carbocycles. The third-order valence-electron chi connectivity index (χ3n) is 3.05. The van der Waals surface area contributed by atoms with Gasteiger partial charge in [0.05, 0.1) is 11.9 Å². The minimum atomic E-state index is -0.0688. The second-order valence-corrected chi connectivity index (χ2v) is 7.23. The van der Waals surface area contributed by atoms with Crippen molar-refractivity contribution in [2.75, 3.05) is 11.1 Å². The van der Waals surface area contributed by atoms with Crippen LogP contribution in [0.3, 0.4) is 0 Å². The molecule has 0 bridgehead atoms. The van der Waals surface area contributed by atoms with E-state index in [9.17, 15) is 4.79 Å². The number of hydrogen-bond acceptors (Lipinski definition) is 3. The largest absolute Gasteiger partial charge is 0.491 e. The molecule has 3 nitrogen and oxygen atoms in total. The van der Waals surface area contributed by atoms with E-state index in [0.717, 1.165) is 17.0 Å². The van der Waals surface area contributed by atoms with Crippen LogP contribution >= 0.6 is 35.0 Å². The third-order valence-corrected chi connectivity index (χ3v) is 4.72. The highest BCUT2D eigenvalue weighted by Crippen LogP contribution is 2.28. The molecule has 0 heterocycles. The summed E-state index contributed by atoms with van der Waals surface area (Å²) in [6.45, 7) is 3.94. The molecule has 1 N–H and O–H groups in total. The van der Waals surface area contributed by atoms with Crippen molar-refractivity contribution in [1.29, 1.82) is 0 Å². The molecular formula is C18H19Cl2NO2S. The van der Waals surface area contributed by atoms with Crippen molar-refractivity contribution in [2.24, 2.45) is 0 Å². The van der Waals surface area contributed by atoms with Crippen LogP contribution in [0.4, 0.5) is 5.69 Å². The van der Waals surface area contributed by atoms with Crippen LogP contribution in [0.2, 0.25) is 10.0 Å². The third kappa shape index (κ3) is 5.93. The van der Waals surface area contributed by atoms with Crippen molar-refractivity contribution < 1.29 is 9.53 Å². The van der Waals surface area contributed by atoms with E-state index in [1.165, 1.54) is 11.8 Å². The molecule has 2 rings (SSSR count). The lowest BCUT2D eigenvalue weighted by Crippen LogP contribution is -2.14. The number of rotatable bonds is 7. The molecule has 2 aromatic carbocycles. The molecule has 0 unspecified atom stereocenters. The molecule has 1 amide bonds. The molecule has 0 saturated heterocycles. The monoisotopic (exact) mass is 383 g/mol. The number of thioether (sulfide) groups is 1. The molecule has 0 aromatic heterocycles. The molecular weight excluding hydrogens is 365 g/mol. The van der Waals surface area contributed by atoms with Crippen LogP contribution in [-0.4, -0.2) is 17.8 Å². The van der Waals surface area contributed by atoms with Gasteiger partial charge in [0.25, 0.3) is 0 Å². The maximum atomic E-state index is 12.0. The minimum Gasteiger partial charge on any atom is -0.491 e. The van der Waals surface area contributed by atoms with Gasteiger partial charge in [-0.15, -0.1) is 11.8 Å². The first-order chi connectivity index (χ1) is 11.5. The zero-order valence-corrected chi connectivity index (χ0v) is 15.8. The predicted molar refractivity (Wildman–Crippen MR) is 103 cm³/mol. The van der Waals surface area contributed by atoms with Crippen molar-refractivity contribution in [3.05, 3.63) is 58.1 Å². The Balaban J connectivity index is 1.81. The zero-order chi connectivity index (χ0) is 17.5. The molecule has 0 aliphatic carbocycles. The number of anilines is 1. The van der Waals surface area contributed by atoms with Gasteiger partial charge >= 0.3 is 0 Å². The molecule has 0 radical (unpaired) electrons. The Morgan fingerprint density at radius 1 is 1.12 bits per heavy atom. The SMILES string of the molecule is CC(C)Oc1ccc(NC(=O)CSCc2c(Cl)cccc2Cl)cc1. The highest BCUT2D eigenvalue weighted by atomic mass is 35.5. The summed E-state index contributed by atoms with van der Waals surface area (Å²) in [5.74, 6) is 1.63. The van der Waals surface area contributed by atoms with E-state index < -0.39 is 0 Å². The standard InChI is InChI=1S/C18H19Cl2NO2S/c1-12(2)23-14-8-6-13(7-9-14)21-18(22)11-24-10-15-16(19)4-3-5-17(15)20/h3-9,12H,10-11H2,1-2H3,(H,21,22). The fraction of sp³-hybridized carbons (Fsp3) is 0.278. The average molecular weight is 384 g/mol. The summed E-state index contributed by atoms with van der Waals surface area (Å²) in [7, 11) is 0. The highest BCUT2D eigenvalue weighted by Gasteiger charge is 2.08. The van der Waals surface area contributed by atoms with E-state index in [1.54, 1.807) is 18.2 Å². The molecule has 0 spiro atoms. The van der Waals surface area contributed by atoms with Crippen LogP contribution < -0.4 is 10.1 Å². The van der Waals surface area contributed by atoms with Gasteiger partial charge in [-0.25, -0.2) is 0 Å². The van der Waals surface area contributed by atoms with Crippen molar-refractivity contribution >= 4 is 46.6 Å². The lowest BCUT2D eigenvalue weighted by molar-refractivity contribution is -0.113. The minimum absolute atomic E-state index is 0.0688. The Morgan fingerprint density at radius 3 is 2.33 bits per heavy atom. The van der Waals surface area contributed by atoms with E-state index in [2.05, 4.69) is 5.32 Å². The van der Waals surface area contributed by atoms with Crippen LogP contribution in [0.25, 0.3) is 0 Å². The molecule has 0 atom stereocenters. The summed E-state index contributed by atoms with van der Waals surface area (Å²) < 4.78 is 5.57. The second kappa shape index (κ2) is 9.21. The maximum Gasteiger partial charge on any atom is 0.234 e. The Hall–Kier alpha value is -1.36. The highest BCUT2D eigenvalue weighted by molar-refractivity contribution is 7.99. The van der Waals surface area contributed by atoms with Crippen LogP contribution in [-0.2, 0) is 10.5 Å². The number of carbonyl (C=O) groups excluding carboxylic acids is 1. The summed E-state index contributed by atoms with van der Waals surface area (Å²) in [6.07, 6.45) is 0.124. The molecule has 2 aromatic rings. The number of benzene rings is 2. The van der Waals surface area contributed by atoms with Gasteiger partial charge in [-0.2, -0.15) is 0 Å². The first-order valence-electron chi connectivity index (χ1n) is 7.53. The van der Waals surface area contributed by atoms with E-state index in [0.29, 0.717) is 21.6 Å². The number of carbonyl (C=O) groups is 1. The van der Waals surface area contributed by atoms with Gasteiger partial charge in [0.1, 0.15) is 5.75 Å². The van der Waals surface area contributed by atoms with Gasteiger partial charge in [-0.3, -0.25) is 4.79 Å². The summed E-state index contributed by atoms with van der Waals surface area (Å²) in [5, 5.41) is 4.10. The quantitative estimate of drug-likeness (QED) is 0.670. The fourth-order valence-electron chi connectivity index (χ4n) is 2.00. The van der Waals surface area contributed by atoms with E-state index in [-0.39, 0.29) is 12.0 Å². The Bertz CT molecular complexity index is 670. The van der Waals surface area contributed by atoms with Crippen molar-refractivity contribution in [3.8, 4) is 5.75 Å². The van der Waals surface area contributed by atoms with Crippen LogP contribution in [0, 0.1) is 0 Å². The summed E-state index contributed by atoms with van der Waals surface area (Å²) >= 11 is 13.7. The summed E-state index contributed by atoms with van der Waals surface area (Å²) in [4.78, 5) is 12.0. The molecule has 128 valence electrons. The van der Waals surface area contributed by atoms with Gasteiger partial charge in [0.15, 0.2) is 0 Å². The van der Waals surface area contributed by atoms with Gasteiger partial charge in [0.2, 0.25) is 5.91 Å². The number of nitrogens with one attached hydrogen (secondary N) is 1. The molecule has 6 heteroatoms. The average Bonchev–Trinajstić information content (AvgIpc) is 2.52. The molecule has 24 heavy (non-hydrogen) atoms. The first kappa shape index (κ1) is 19.0. The number of ether oxygens (including phenoxy) is 1. The smallest absolute Gasteiger partial charge is 0.234 e. The fourth-order valence-corrected chi connectivity index (χ4v) is 3.57. The Kier molecular flexibility index (Phi) is 7.28. The van der Waals surface area contributed by atoms with Gasteiger partial charge < -0.3 is 10.1 Å². The van der Waals surface area contributed by atoms with Gasteiger partial charge in [-0.05, 0) is 55.8 Å². The Labute approximate surface area is 156 Å². The van der Waals surface area contributed by atoms with Crippen molar-refractivity contribution in [1.82, 2.24) is 0 Å². The number of halogens is 2. The lowest BCUT2D eigenvalue weighted by Gasteiger charge is -2.11. The predicted octanol–water partition coefficient (Wildman–Crippen LogP) is 5.65. The molecule has 0 aliphatic heterocycles. The zero-order valence-electron chi connectivity index (χ0n) is 13.5. The van der Waals surface area contributed by atoms with Crippen LogP contribution in [0.15, 0.2) is 42.5 Å². The number of hydrogen-bond donors (Lipinski definition) is 1. The van der Waals surface area contributed by atoms with Crippen molar-refractivity contribution in [2.45, 2.75) is 25.7 Å². The first-order valence-corrected chi connectivity index (χ1v) is 9.44. The van der Waals surface area contributed by atoms with E-state index >= 15 is 0 Å². The lowest BCUT2D eigenvalue weighted by atomic mass is 10.2. The molecule has 0 aliphatic rings. The van der Waals surface area contributed by atoms with E-state index in [1.807, 2.05) is 38.1 Å². The molecule has 0 fully saturated rings. The maximum absolute atomic E-state index is 12.0. The summed E-state index contributed by atoms with van der Waals surface area (Å²) in [5.41, 5.74) is 1.60. The number of amides is 1. The van der Waals surface area contributed by atoms with Crippen LogP contribution in [0.1, 0.15) is 19.4 Å². The van der Waals surface area contributed by atoms with Crippen LogP contribution in [0.5, 0.6) is 5.75 Å². The van der Waals surface area contributed by atoms with E-state index in [4.69, 9.17) is 27.9 Å². The summed E-state index contributed by atoms with van der Waals surface area (Å²) in [6, 6.07) is 12.7. The Morgan fingerprint density at radius 2 is 1.75 bits per heavy atom. The van der Waals surface area contributed by atoms with Gasteiger partial charge in [-0.1, -0.05) is 29.3 Å². The second-order valence-electron chi connectivity index (χ2n) is 5.43. The normalized spacial score (nSPS) is 10.7. The van der Waals surface area contributed by atoms with Gasteiger partial charge in [0, 0.05) is 21.5 Å².